The SMILES string of the molecule is Cc1ccc(S(=O)(=O)NCCC(=O)N[C@@H](C)c2ccc(F)cc2)cc1C. The van der Waals surface area contributed by atoms with E-state index < -0.39 is 10.0 Å². The second kappa shape index (κ2) is 8.42. The van der Waals surface area contributed by atoms with Crippen LogP contribution < -0.4 is 10.0 Å². The van der Waals surface area contributed by atoms with Crippen molar-refractivity contribution in [3.8, 4) is 0 Å². The van der Waals surface area contributed by atoms with Gasteiger partial charge in [-0.25, -0.2) is 17.5 Å². The minimum atomic E-state index is -3.65. The average Bonchev–Trinajstić information content (AvgIpc) is 2.57. The van der Waals surface area contributed by atoms with E-state index in [1.165, 1.54) is 12.1 Å². The molecule has 0 saturated heterocycles. The predicted molar refractivity (Wildman–Crippen MR) is 98.7 cm³/mol. The molecule has 1 amide bonds. The lowest BCUT2D eigenvalue weighted by Gasteiger charge is -2.14. The van der Waals surface area contributed by atoms with Crippen molar-refractivity contribution < 1.29 is 17.6 Å². The van der Waals surface area contributed by atoms with Gasteiger partial charge < -0.3 is 5.32 Å². The molecule has 2 N–H and O–H groups in total. The summed E-state index contributed by atoms with van der Waals surface area (Å²) in [6.07, 6.45) is 0.00953. The fraction of sp³-hybridized carbons (Fsp3) is 0.316. The van der Waals surface area contributed by atoms with E-state index >= 15 is 0 Å². The molecule has 0 radical (unpaired) electrons. The van der Waals surface area contributed by atoms with Crippen LogP contribution >= 0.6 is 0 Å². The van der Waals surface area contributed by atoms with E-state index in [0.717, 1.165) is 16.7 Å². The molecule has 0 bridgehead atoms. The smallest absolute Gasteiger partial charge is 0.240 e. The molecule has 0 spiro atoms. The maximum Gasteiger partial charge on any atom is 0.240 e. The van der Waals surface area contributed by atoms with E-state index in [9.17, 15) is 17.6 Å². The molecule has 0 saturated carbocycles. The van der Waals surface area contributed by atoms with Crippen LogP contribution in [0.25, 0.3) is 0 Å². The van der Waals surface area contributed by atoms with Gasteiger partial charge in [0.25, 0.3) is 0 Å². The lowest BCUT2D eigenvalue weighted by atomic mass is 10.1. The van der Waals surface area contributed by atoms with Gasteiger partial charge in [-0.05, 0) is 61.7 Å². The number of aryl methyl sites for hydroxylation is 2. The zero-order valence-electron chi connectivity index (χ0n) is 15.0. The van der Waals surface area contributed by atoms with Crippen molar-refractivity contribution in [1.29, 1.82) is 0 Å². The number of carbonyl (C=O) groups is 1. The molecule has 7 heteroatoms. The van der Waals surface area contributed by atoms with Gasteiger partial charge in [0.05, 0.1) is 10.9 Å². The van der Waals surface area contributed by atoms with E-state index in [0.29, 0.717) is 0 Å². The molecule has 2 rings (SSSR count). The highest BCUT2D eigenvalue weighted by molar-refractivity contribution is 7.89. The Morgan fingerprint density at radius 2 is 1.73 bits per heavy atom. The van der Waals surface area contributed by atoms with Crippen molar-refractivity contribution in [1.82, 2.24) is 10.0 Å². The first-order valence-electron chi connectivity index (χ1n) is 8.31. The van der Waals surface area contributed by atoms with Crippen molar-refractivity contribution in [3.05, 3.63) is 65.0 Å². The lowest BCUT2D eigenvalue weighted by Crippen LogP contribution is -2.32. The molecule has 2 aromatic rings. The highest BCUT2D eigenvalue weighted by Crippen LogP contribution is 2.15. The summed E-state index contributed by atoms with van der Waals surface area (Å²) in [6.45, 7) is 5.53. The van der Waals surface area contributed by atoms with Crippen LogP contribution in [0.5, 0.6) is 0 Å². The summed E-state index contributed by atoms with van der Waals surface area (Å²) in [7, 11) is -3.65. The zero-order valence-corrected chi connectivity index (χ0v) is 15.9. The first-order chi connectivity index (χ1) is 12.2. The van der Waals surface area contributed by atoms with Gasteiger partial charge in [0.15, 0.2) is 0 Å². The van der Waals surface area contributed by atoms with Crippen molar-refractivity contribution in [2.45, 2.75) is 38.1 Å². The number of sulfonamides is 1. The standard InChI is InChI=1S/C19H23FN2O3S/c1-13-4-9-18(12-14(13)2)26(24,25)21-11-10-19(23)22-15(3)16-5-7-17(20)8-6-16/h4-9,12,15,21H,10-11H2,1-3H3,(H,22,23)/t15-/m0/s1. The van der Waals surface area contributed by atoms with E-state index in [2.05, 4.69) is 10.0 Å². The van der Waals surface area contributed by atoms with Gasteiger partial charge in [0, 0.05) is 13.0 Å². The minimum absolute atomic E-state index is 0.00275. The third-order valence-electron chi connectivity index (χ3n) is 4.18. The van der Waals surface area contributed by atoms with Crippen molar-refractivity contribution >= 4 is 15.9 Å². The van der Waals surface area contributed by atoms with Crippen LogP contribution in [0.3, 0.4) is 0 Å². The number of hydrogen-bond acceptors (Lipinski definition) is 3. The summed E-state index contributed by atoms with van der Waals surface area (Å²) in [6, 6.07) is 10.5. The Bertz CT molecular complexity index is 880. The van der Waals surface area contributed by atoms with E-state index in [4.69, 9.17) is 0 Å². The van der Waals surface area contributed by atoms with Crippen molar-refractivity contribution in [2.75, 3.05) is 6.54 Å². The van der Waals surface area contributed by atoms with E-state index in [1.54, 1.807) is 37.3 Å². The van der Waals surface area contributed by atoms with Gasteiger partial charge in [-0.15, -0.1) is 0 Å². The Morgan fingerprint density at radius 3 is 2.35 bits per heavy atom. The molecule has 0 fully saturated rings. The Labute approximate surface area is 153 Å². The fourth-order valence-electron chi connectivity index (χ4n) is 2.41. The number of amides is 1. The van der Waals surface area contributed by atoms with Gasteiger partial charge in [-0.1, -0.05) is 18.2 Å². The number of halogens is 1. The summed E-state index contributed by atoms with van der Waals surface area (Å²) in [5.41, 5.74) is 2.67. The Kier molecular flexibility index (Phi) is 6.50. The number of benzene rings is 2. The number of carbonyl (C=O) groups excluding carboxylic acids is 1. The topological polar surface area (TPSA) is 75.3 Å². The third kappa shape index (κ3) is 5.37. The quantitative estimate of drug-likeness (QED) is 0.778. The Morgan fingerprint density at radius 1 is 1.08 bits per heavy atom. The fourth-order valence-corrected chi connectivity index (χ4v) is 3.53. The van der Waals surface area contributed by atoms with E-state index in [1.807, 2.05) is 13.8 Å². The highest BCUT2D eigenvalue weighted by Gasteiger charge is 2.15. The van der Waals surface area contributed by atoms with Crippen LogP contribution in [0.15, 0.2) is 47.4 Å². The second-order valence-corrected chi connectivity index (χ2v) is 8.00. The van der Waals surface area contributed by atoms with Crippen LogP contribution in [0.2, 0.25) is 0 Å². The van der Waals surface area contributed by atoms with Crippen LogP contribution in [0, 0.1) is 19.7 Å². The van der Waals surface area contributed by atoms with Crippen LogP contribution in [-0.4, -0.2) is 20.9 Å². The molecule has 2 aromatic carbocycles. The van der Waals surface area contributed by atoms with Gasteiger partial charge in [-0.2, -0.15) is 0 Å². The number of hydrogen-bond donors (Lipinski definition) is 2. The zero-order chi connectivity index (χ0) is 19.3. The highest BCUT2D eigenvalue weighted by atomic mass is 32.2. The van der Waals surface area contributed by atoms with Gasteiger partial charge in [0.1, 0.15) is 5.82 Å². The lowest BCUT2D eigenvalue weighted by molar-refractivity contribution is -0.121. The molecular weight excluding hydrogens is 355 g/mol. The van der Waals surface area contributed by atoms with Gasteiger partial charge in [-0.3, -0.25) is 4.79 Å². The molecule has 140 valence electrons. The minimum Gasteiger partial charge on any atom is -0.350 e. The largest absolute Gasteiger partial charge is 0.350 e. The number of nitrogens with one attached hydrogen (secondary N) is 2. The monoisotopic (exact) mass is 378 g/mol. The van der Waals surface area contributed by atoms with Crippen LogP contribution in [-0.2, 0) is 14.8 Å². The molecule has 1 atom stereocenters. The molecule has 5 nitrogen and oxygen atoms in total. The summed E-state index contributed by atoms with van der Waals surface area (Å²) < 4.78 is 39.9. The van der Waals surface area contributed by atoms with Crippen LogP contribution in [0.1, 0.15) is 36.1 Å². The summed E-state index contributed by atoms with van der Waals surface area (Å²) in [4.78, 5) is 12.2. The molecular formula is C19H23FN2O3S. The normalized spacial score (nSPS) is 12.6. The van der Waals surface area contributed by atoms with E-state index in [-0.39, 0.29) is 35.6 Å². The Balaban J connectivity index is 1.87. The first-order valence-corrected chi connectivity index (χ1v) is 9.79. The molecule has 0 heterocycles. The molecule has 0 aliphatic rings. The average molecular weight is 378 g/mol. The summed E-state index contributed by atoms with van der Waals surface area (Å²) in [5, 5.41) is 2.76. The van der Waals surface area contributed by atoms with Crippen LogP contribution in [0.4, 0.5) is 4.39 Å². The van der Waals surface area contributed by atoms with Crippen molar-refractivity contribution in [2.24, 2.45) is 0 Å². The molecule has 0 unspecified atom stereocenters. The number of rotatable bonds is 7. The van der Waals surface area contributed by atoms with Crippen molar-refractivity contribution in [3.63, 3.8) is 0 Å². The molecule has 0 aliphatic carbocycles. The first kappa shape index (κ1) is 20.1. The molecule has 26 heavy (non-hydrogen) atoms. The summed E-state index contributed by atoms with van der Waals surface area (Å²) >= 11 is 0. The Hall–Kier alpha value is -2.25. The summed E-state index contributed by atoms with van der Waals surface area (Å²) in [5.74, 6) is -0.627. The third-order valence-corrected chi connectivity index (χ3v) is 5.64. The van der Waals surface area contributed by atoms with Gasteiger partial charge in [0.2, 0.25) is 15.9 Å². The maximum absolute atomic E-state index is 12.9. The predicted octanol–water partition coefficient (Wildman–Crippen LogP) is 2.99. The van der Waals surface area contributed by atoms with Gasteiger partial charge >= 0.3 is 0 Å². The second-order valence-electron chi connectivity index (χ2n) is 6.23. The molecule has 0 aromatic heterocycles. The molecule has 0 aliphatic heterocycles. The maximum atomic E-state index is 12.9.